The zero-order valence-electron chi connectivity index (χ0n) is 9.34. The van der Waals surface area contributed by atoms with Crippen molar-refractivity contribution in [1.82, 2.24) is 10.2 Å². The van der Waals surface area contributed by atoms with Crippen LogP contribution in [0.1, 0.15) is 12.5 Å². The molecule has 0 aromatic heterocycles. The Morgan fingerprint density at radius 2 is 2.38 bits per heavy atom. The van der Waals surface area contributed by atoms with Crippen LogP contribution in [0.4, 0.5) is 0 Å². The van der Waals surface area contributed by atoms with Gasteiger partial charge in [-0.2, -0.15) is 0 Å². The van der Waals surface area contributed by atoms with Gasteiger partial charge in [-0.25, -0.2) is 0 Å². The topological polar surface area (TPSA) is 15.3 Å². The van der Waals surface area contributed by atoms with E-state index in [4.69, 9.17) is 11.6 Å². The van der Waals surface area contributed by atoms with Gasteiger partial charge in [-0.15, -0.1) is 0 Å². The van der Waals surface area contributed by atoms with Gasteiger partial charge in [0.2, 0.25) is 0 Å². The molecule has 1 heterocycles. The molecule has 1 saturated heterocycles. The Labute approximate surface area is 110 Å². The van der Waals surface area contributed by atoms with E-state index in [-0.39, 0.29) is 0 Å². The average Bonchev–Trinajstić information content (AvgIpc) is 2.27. The largest absolute Gasteiger partial charge is 0.314 e. The highest BCUT2D eigenvalue weighted by Gasteiger charge is 2.18. The van der Waals surface area contributed by atoms with Crippen LogP contribution in [-0.2, 0) is 6.54 Å². The van der Waals surface area contributed by atoms with Crippen LogP contribution >= 0.6 is 27.5 Å². The van der Waals surface area contributed by atoms with Crippen LogP contribution in [0, 0.1) is 0 Å². The smallest absolute Gasteiger partial charge is 0.0410 e. The van der Waals surface area contributed by atoms with Gasteiger partial charge in [-0.05, 0) is 30.7 Å². The van der Waals surface area contributed by atoms with Crippen LogP contribution < -0.4 is 5.32 Å². The fourth-order valence-electron chi connectivity index (χ4n) is 2.00. The maximum atomic E-state index is 6.02. The number of nitrogens with one attached hydrogen (secondary N) is 1. The van der Waals surface area contributed by atoms with Gasteiger partial charge in [0.15, 0.2) is 0 Å². The van der Waals surface area contributed by atoms with Crippen molar-refractivity contribution in [3.05, 3.63) is 33.3 Å². The van der Waals surface area contributed by atoms with Gasteiger partial charge in [0.25, 0.3) is 0 Å². The Morgan fingerprint density at radius 1 is 1.56 bits per heavy atom. The predicted octanol–water partition coefficient (Wildman–Crippen LogP) is 2.90. The molecule has 1 aliphatic rings. The molecule has 1 aromatic carbocycles. The van der Waals surface area contributed by atoms with Crippen molar-refractivity contribution in [3.63, 3.8) is 0 Å². The highest BCUT2D eigenvalue weighted by atomic mass is 79.9. The standard InChI is InChI=1S/C12H16BrClN2/c1-9-7-15-4-5-16(9)8-10-6-11(14)2-3-12(10)13/h2-3,6,9,15H,4-5,7-8H2,1H3/t9-/m0/s1. The van der Waals surface area contributed by atoms with Crippen molar-refractivity contribution in [2.24, 2.45) is 0 Å². The molecule has 16 heavy (non-hydrogen) atoms. The van der Waals surface area contributed by atoms with Gasteiger partial charge in [0.1, 0.15) is 0 Å². The van der Waals surface area contributed by atoms with Crippen LogP contribution in [0.2, 0.25) is 5.02 Å². The van der Waals surface area contributed by atoms with E-state index in [9.17, 15) is 0 Å². The zero-order chi connectivity index (χ0) is 11.5. The summed E-state index contributed by atoms with van der Waals surface area (Å²) in [5, 5.41) is 4.20. The molecule has 0 spiro atoms. The molecule has 1 aliphatic heterocycles. The molecule has 0 unspecified atom stereocenters. The summed E-state index contributed by atoms with van der Waals surface area (Å²) >= 11 is 9.60. The SMILES string of the molecule is C[C@H]1CNCCN1Cc1cc(Cl)ccc1Br. The van der Waals surface area contributed by atoms with Crippen molar-refractivity contribution in [3.8, 4) is 0 Å². The normalized spacial score (nSPS) is 22.3. The van der Waals surface area contributed by atoms with Gasteiger partial charge < -0.3 is 5.32 Å². The lowest BCUT2D eigenvalue weighted by Gasteiger charge is -2.34. The van der Waals surface area contributed by atoms with Gasteiger partial charge in [0, 0.05) is 41.7 Å². The fourth-order valence-corrected chi connectivity index (χ4v) is 2.57. The quantitative estimate of drug-likeness (QED) is 0.904. The van der Waals surface area contributed by atoms with Gasteiger partial charge in [0.05, 0.1) is 0 Å². The molecule has 1 fully saturated rings. The first-order valence-electron chi connectivity index (χ1n) is 5.55. The lowest BCUT2D eigenvalue weighted by atomic mass is 10.1. The highest BCUT2D eigenvalue weighted by Crippen LogP contribution is 2.23. The Morgan fingerprint density at radius 3 is 3.12 bits per heavy atom. The van der Waals surface area contributed by atoms with Crippen molar-refractivity contribution in [2.45, 2.75) is 19.5 Å². The molecule has 1 atom stereocenters. The number of piperazine rings is 1. The molecule has 0 aliphatic carbocycles. The number of rotatable bonds is 2. The average molecular weight is 304 g/mol. The first-order chi connectivity index (χ1) is 7.66. The Hall–Kier alpha value is -0.0900. The molecule has 2 rings (SSSR count). The van der Waals surface area contributed by atoms with Crippen molar-refractivity contribution < 1.29 is 0 Å². The van der Waals surface area contributed by atoms with Crippen LogP contribution in [-0.4, -0.2) is 30.6 Å². The van der Waals surface area contributed by atoms with E-state index >= 15 is 0 Å². The van der Waals surface area contributed by atoms with E-state index in [2.05, 4.69) is 33.1 Å². The molecule has 4 heteroatoms. The first-order valence-corrected chi connectivity index (χ1v) is 6.72. The maximum absolute atomic E-state index is 6.02. The minimum Gasteiger partial charge on any atom is -0.314 e. The summed E-state index contributed by atoms with van der Waals surface area (Å²) in [7, 11) is 0. The molecule has 0 saturated carbocycles. The second-order valence-corrected chi connectivity index (χ2v) is 5.55. The van der Waals surface area contributed by atoms with Crippen LogP contribution in [0.25, 0.3) is 0 Å². The summed E-state index contributed by atoms with van der Waals surface area (Å²) in [6.45, 7) is 6.45. The Balaban J connectivity index is 2.10. The summed E-state index contributed by atoms with van der Waals surface area (Å²) in [4.78, 5) is 2.48. The second kappa shape index (κ2) is 5.50. The highest BCUT2D eigenvalue weighted by molar-refractivity contribution is 9.10. The van der Waals surface area contributed by atoms with E-state index in [0.29, 0.717) is 6.04 Å². The second-order valence-electron chi connectivity index (χ2n) is 4.26. The van der Waals surface area contributed by atoms with Gasteiger partial charge in [-0.3, -0.25) is 4.90 Å². The number of hydrogen-bond acceptors (Lipinski definition) is 2. The predicted molar refractivity (Wildman–Crippen MR) is 71.9 cm³/mol. The molecule has 0 radical (unpaired) electrons. The third-order valence-corrected chi connectivity index (χ3v) is 4.03. The third-order valence-electron chi connectivity index (χ3n) is 3.02. The zero-order valence-corrected chi connectivity index (χ0v) is 11.7. The van der Waals surface area contributed by atoms with Crippen LogP contribution in [0.15, 0.2) is 22.7 Å². The summed E-state index contributed by atoms with van der Waals surface area (Å²) in [6.07, 6.45) is 0. The summed E-state index contributed by atoms with van der Waals surface area (Å²) in [5.41, 5.74) is 1.27. The van der Waals surface area contributed by atoms with Crippen molar-refractivity contribution in [1.29, 1.82) is 0 Å². The fraction of sp³-hybridized carbons (Fsp3) is 0.500. The van der Waals surface area contributed by atoms with Crippen LogP contribution in [0.5, 0.6) is 0 Å². The lowest BCUT2D eigenvalue weighted by Crippen LogP contribution is -2.49. The number of hydrogen-bond donors (Lipinski definition) is 1. The minimum absolute atomic E-state index is 0.583. The van der Waals surface area contributed by atoms with E-state index in [1.165, 1.54) is 5.56 Å². The summed E-state index contributed by atoms with van der Waals surface area (Å²) in [5.74, 6) is 0. The van der Waals surface area contributed by atoms with E-state index in [0.717, 1.165) is 35.7 Å². The maximum Gasteiger partial charge on any atom is 0.0410 e. The number of nitrogens with zero attached hydrogens (tertiary/aromatic N) is 1. The monoisotopic (exact) mass is 302 g/mol. The van der Waals surface area contributed by atoms with E-state index in [1.807, 2.05) is 18.2 Å². The van der Waals surface area contributed by atoms with Gasteiger partial charge >= 0.3 is 0 Å². The van der Waals surface area contributed by atoms with E-state index in [1.54, 1.807) is 0 Å². The Bertz CT molecular complexity index is 370. The minimum atomic E-state index is 0.583. The molecular weight excluding hydrogens is 288 g/mol. The van der Waals surface area contributed by atoms with Crippen molar-refractivity contribution in [2.75, 3.05) is 19.6 Å². The molecule has 0 amide bonds. The first kappa shape index (κ1) is 12.4. The van der Waals surface area contributed by atoms with E-state index < -0.39 is 0 Å². The Kier molecular flexibility index (Phi) is 4.25. The number of benzene rings is 1. The van der Waals surface area contributed by atoms with Crippen LogP contribution in [0.3, 0.4) is 0 Å². The molecule has 88 valence electrons. The molecular formula is C12H16BrClN2. The molecule has 1 N–H and O–H groups in total. The van der Waals surface area contributed by atoms with Crippen molar-refractivity contribution >= 4 is 27.5 Å². The number of halogens is 2. The summed E-state index contributed by atoms with van der Waals surface area (Å²) in [6, 6.07) is 6.56. The van der Waals surface area contributed by atoms with Gasteiger partial charge in [-0.1, -0.05) is 27.5 Å². The summed E-state index contributed by atoms with van der Waals surface area (Å²) < 4.78 is 1.14. The molecule has 1 aromatic rings. The third kappa shape index (κ3) is 2.98. The lowest BCUT2D eigenvalue weighted by molar-refractivity contribution is 0.165. The molecule has 2 nitrogen and oxygen atoms in total. The molecule has 0 bridgehead atoms.